The first kappa shape index (κ1) is 15.0. The number of aryl methyl sites for hydroxylation is 1. The van der Waals surface area contributed by atoms with Crippen molar-refractivity contribution < 1.29 is 9.13 Å². The number of hydrogen-bond acceptors (Lipinski definition) is 3. The van der Waals surface area contributed by atoms with Crippen molar-refractivity contribution in [1.29, 1.82) is 5.26 Å². The van der Waals surface area contributed by atoms with Crippen molar-refractivity contribution in [3.8, 4) is 11.8 Å². The largest absolute Gasteiger partial charge is 0.486 e. The highest BCUT2D eigenvalue weighted by Gasteiger charge is 2.10. The molecule has 2 aromatic carbocycles. The van der Waals surface area contributed by atoms with Gasteiger partial charge in [0.15, 0.2) is 11.6 Å². The molecule has 0 atom stereocenters. The van der Waals surface area contributed by atoms with Crippen LogP contribution in [0.2, 0.25) is 0 Å². The Morgan fingerprint density at radius 3 is 2.71 bits per heavy atom. The molecule has 0 unspecified atom stereocenters. The van der Waals surface area contributed by atoms with Gasteiger partial charge in [-0.1, -0.05) is 18.2 Å². The molecule has 0 radical (unpaired) electrons. The third-order valence-corrected chi connectivity index (χ3v) is 3.31. The van der Waals surface area contributed by atoms with Gasteiger partial charge in [0, 0.05) is 0 Å². The number of halogens is 1. The maximum Gasteiger partial charge on any atom is 0.165 e. The molecule has 0 aliphatic heterocycles. The van der Waals surface area contributed by atoms with Crippen LogP contribution in [0.4, 0.5) is 4.39 Å². The first-order valence-corrected chi connectivity index (χ1v) is 6.75. The smallest absolute Gasteiger partial charge is 0.165 e. The minimum absolute atomic E-state index is 0.256. The molecule has 21 heavy (non-hydrogen) atoms. The lowest BCUT2D eigenvalue weighted by Gasteiger charge is -2.13. The van der Waals surface area contributed by atoms with Crippen LogP contribution < -0.4 is 10.5 Å². The van der Waals surface area contributed by atoms with Gasteiger partial charge < -0.3 is 10.5 Å². The lowest BCUT2D eigenvalue weighted by Crippen LogP contribution is -2.07. The Labute approximate surface area is 123 Å². The molecule has 108 valence electrons. The van der Waals surface area contributed by atoms with E-state index in [1.807, 2.05) is 19.1 Å². The SMILES string of the molecule is Cc1cc(C#N)ccc1COc1c(F)cccc1CCN. The monoisotopic (exact) mass is 284 g/mol. The van der Waals surface area contributed by atoms with Gasteiger partial charge in [-0.3, -0.25) is 0 Å². The summed E-state index contributed by atoms with van der Waals surface area (Å²) < 4.78 is 19.5. The molecular weight excluding hydrogens is 267 g/mol. The zero-order chi connectivity index (χ0) is 15.2. The number of benzene rings is 2. The Bertz CT molecular complexity index is 677. The van der Waals surface area contributed by atoms with Gasteiger partial charge in [0.25, 0.3) is 0 Å². The Hall–Kier alpha value is -2.38. The van der Waals surface area contributed by atoms with Crippen molar-refractivity contribution in [3.63, 3.8) is 0 Å². The zero-order valence-electron chi connectivity index (χ0n) is 11.9. The summed E-state index contributed by atoms with van der Waals surface area (Å²) in [5, 5.41) is 8.85. The van der Waals surface area contributed by atoms with Gasteiger partial charge in [0.05, 0.1) is 11.6 Å². The Balaban J connectivity index is 2.19. The highest BCUT2D eigenvalue weighted by molar-refractivity contribution is 5.39. The second-order valence-corrected chi connectivity index (χ2v) is 4.81. The molecule has 0 bridgehead atoms. The minimum Gasteiger partial charge on any atom is -0.486 e. The molecule has 0 heterocycles. The van der Waals surface area contributed by atoms with E-state index in [9.17, 15) is 4.39 Å². The van der Waals surface area contributed by atoms with E-state index in [-0.39, 0.29) is 18.2 Å². The van der Waals surface area contributed by atoms with Crippen LogP contribution in [0.25, 0.3) is 0 Å². The molecule has 0 fully saturated rings. The van der Waals surface area contributed by atoms with E-state index < -0.39 is 0 Å². The van der Waals surface area contributed by atoms with Gasteiger partial charge in [0.2, 0.25) is 0 Å². The number of para-hydroxylation sites is 1. The fraction of sp³-hybridized carbons (Fsp3) is 0.235. The van der Waals surface area contributed by atoms with Crippen molar-refractivity contribution >= 4 is 0 Å². The molecule has 0 amide bonds. The van der Waals surface area contributed by atoms with Crippen LogP contribution in [0.3, 0.4) is 0 Å². The molecule has 0 aromatic heterocycles. The topological polar surface area (TPSA) is 59.0 Å². The lowest BCUT2D eigenvalue weighted by atomic mass is 10.1. The van der Waals surface area contributed by atoms with Crippen LogP contribution in [0.15, 0.2) is 36.4 Å². The van der Waals surface area contributed by atoms with E-state index in [0.29, 0.717) is 18.5 Å². The highest BCUT2D eigenvalue weighted by Crippen LogP contribution is 2.24. The summed E-state index contributed by atoms with van der Waals surface area (Å²) in [7, 11) is 0. The van der Waals surface area contributed by atoms with E-state index in [0.717, 1.165) is 16.7 Å². The Kier molecular flexibility index (Phi) is 4.91. The van der Waals surface area contributed by atoms with E-state index in [4.69, 9.17) is 15.7 Å². The number of rotatable bonds is 5. The third kappa shape index (κ3) is 3.59. The van der Waals surface area contributed by atoms with Crippen molar-refractivity contribution in [1.82, 2.24) is 0 Å². The predicted molar refractivity (Wildman–Crippen MR) is 79.4 cm³/mol. The first-order chi connectivity index (χ1) is 10.2. The molecule has 0 spiro atoms. The maximum absolute atomic E-state index is 13.9. The molecule has 0 aliphatic rings. The van der Waals surface area contributed by atoms with Crippen LogP contribution in [0.5, 0.6) is 5.75 Å². The summed E-state index contributed by atoms with van der Waals surface area (Å²) in [6, 6.07) is 12.3. The first-order valence-electron chi connectivity index (χ1n) is 6.75. The van der Waals surface area contributed by atoms with Gasteiger partial charge in [-0.2, -0.15) is 5.26 Å². The quantitative estimate of drug-likeness (QED) is 0.917. The number of nitriles is 1. The summed E-state index contributed by atoms with van der Waals surface area (Å²) in [5.41, 5.74) is 8.78. The van der Waals surface area contributed by atoms with Crippen LogP contribution in [-0.2, 0) is 13.0 Å². The molecular formula is C17H17FN2O. The minimum atomic E-state index is -0.382. The molecule has 2 rings (SSSR count). The van der Waals surface area contributed by atoms with Gasteiger partial charge >= 0.3 is 0 Å². The Morgan fingerprint density at radius 1 is 1.24 bits per heavy atom. The summed E-state index contributed by atoms with van der Waals surface area (Å²) in [6.07, 6.45) is 0.569. The molecule has 0 saturated carbocycles. The molecule has 0 saturated heterocycles. The second-order valence-electron chi connectivity index (χ2n) is 4.81. The normalized spacial score (nSPS) is 10.2. The average molecular weight is 284 g/mol. The summed E-state index contributed by atoms with van der Waals surface area (Å²) in [5.74, 6) is -0.126. The van der Waals surface area contributed by atoms with Gasteiger partial charge in [-0.25, -0.2) is 4.39 Å². The lowest BCUT2D eigenvalue weighted by molar-refractivity contribution is 0.286. The van der Waals surface area contributed by atoms with E-state index in [2.05, 4.69) is 6.07 Å². The van der Waals surface area contributed by atoms with E-state index in [1.165, 1.54) is 6.07 Å². The molecule has 2 N–H and O–H groups in total. The number of nitrogens with two attached hydrogens (primary N) is 1. The van der Waals surface area contributed by atoms with Crippen LogP contribution in [-0.4, -0.2) is 6.54 Å². The van der Waals surface area contributed by atoms with Crippen molar-refractivity contribution in [2.45, 2.75) is 20.0 Å². The van der Waals surface area contributed by atoms with E-state index in [1.54, 1.807) is 18.2 Å². The van der Waals surface area contributed by atoms with Crippen molar-refractivity contribution in [2.75, 3.05) is 6.54 Å². The van der Waals surface area contributed by atoms with Gasteiger partial charge in [-0.15, -0.1) is 0 Å². The number of nitrogens with zero attached hydrogens (tertiary/aromatic N) is 1. The summed E-state index contributed by atoms with van der Waals surface area (Å²) in [4.78, 5) is 0. The number of hydrogen-bond donors (Lipinski definition) is 1. The van der Waals surface area contributed by atoms with Crippen LogP contribution in [0, 0.1) is 24.1 Å². The Morgan fingerprint density at radius 2 is 2.05 bits per heavy atom. The van der Waals surface area contributed by atoms with Crippen LogP contribution >= 0.6 is 0 Å². The highest BCUT2D eigenvalue weighted by atomic mass is 19.1. The summed E-state index contributed by atoms with van der Waals surface area (Å²) >= 11 is 0. The fourth-order valence-corrected chi connectivity index (χ4v) is 2.14. The van der Waals surface area contributed by atoms with Crippen LogP contribution in [0.1, 0.15) is 22.3 Å². The zero-order valence-corrected chi connectivity index (χ0v) is 11.9. The molecule has 4 heteroatoms. The molecule has 3 nitrogen and oxygen atoms in total. The molecule has 0 aliphatic carbocycles. The summed E-state index contributed by atoms with van der Waals surface area (Å²) in [6.45, 7) is 2.60. The van der Waals surface area contributed by atoms with Gasteiger partial charge in [0.1, 0.15) is 6.61 Å². The van der Waals surface area contributed by atoms with Gasteiger partial charge in [-0.05, 0) is 54.8 Å². The standard InChI is InChI=1S/C17H17FN2O/c1-12-9-13(10-20)5-6-15(12)11-21-17-14(7-8-19)3-2-4-16(17)18/h2-6,9H,7-8,11,19H2,1H3. The van der Waals surface area contributed by atoms with Crippen molar-refractivity contribution in [3.05, 3.63) is 64.5 Å². The second kappa shape index (κ2) is 6.87. The molecule has 2 aromatic rings. The predicted octanol–water partition coefficient (Wildman–Crippen LogP) is 3.09. The van der Waals surface area contributed by atoms with Crippen molar-refractivity contribution in [2.24, 2.45) is 5.73 Å². The fourth-order valence-electron chi connectivity index (χ4n) is 2.14. The maximum atomic E-state index is 13.9. The van der Waals surface area contributed by atoms with E-state index >= 15 is 0 Å². The average Bonchev–Trinajstić information content (AvgIpc) is 2.48. The third-order valence-electron chi connectivity index (χ3n) is 3.31. The number of ether oxygens (including phenoxy) is 1.